The van der Waals surface area contributed by atoms with Gasteiger partial charge in [0.15, 0.2) is 5.82 Å². The van der Waals surface area contributed by atoms with Gasteiger partial charge in [-0.05, 0) is 25.8 Å². The molecule has 0 fully saturated rings. The monoisotopic (exact) mass is 190 g/mol. The van der Waals surface area contributed by atoms with E-state index in [-0.39, 0.29) is 0 Å². The normalized spacial score (nSPS) is 9.57. The van der Waals surface area contributed by atoms with Gasteiger partial charge in [-0.15, -0.1) is 5.10 Å². The summed E-state index contributed by atoms with van der Waals surface area (Å²) in [6.45, 7) is 6.62. The molecule has 1 heterocycles. The number of nitrogens with zero attached hydrogens (tertiary/aromatic N) is 3. The number of aromatic nitrogens is 2. The van der Waals surface area contributed by atoms with Crippen molar-refractivity contribution in [1.29, 1.82) is 5.26 Å². The molecule has 1 aromatic rings. The van der Waals surface area contributed by atoms with E-state index in [2.05, 4.69) is 28.5 Å². The summed E-state index contributed by atoms with van der Waals surface area (Å²) in [5.74, 6) is 0.595. The molecule has 0 amide bonds. The van der Waals surface area contributed by atoms with Crippen LogP contribution < -0.4 is 5.32 Å². The zero-order valence-electron chi connectivity index (χ0n) is 8.76. The fourth-order valence-electron chi connectivity index (χ4n) is 1.11. The first-order valence-corrected chi connectivity index (χ1v) is 4.68. The summed E-state index contributed by atoms with van der Waals surface area (Å²) in [6, 6.07) is 2.15. The van der Waals surface area contributed by atoms with Crippen LogP contribution in [0.4, 0.5) is 5.82 Å². The van der Waals surface area contributed by atoms with Gasteiger partial charge in [0.1, 0.15) is 11.6 Å². The first-order valence-electron chi connectivity index (χ1n) is 4.68. The molecule has 0 unspecified atom stereocenters. The third kappa shape index (κ3) is 1.99. The second-order valence-corrected chi connectivity index (χ2v) is 3.17. The van der Waals surface area contributed by atoms with Gasteiger partial charge in [0, 0.05) is 6.54 Å². The van der Waals surface area contributed by atoms with Crippen LogP contribution in [0.2, 0.25) is 0 Å². The summed E-state index contributed by atoms with van der Waals surface area (Å²) < 4.78 is 0. The maximum atomic E-state index is 8.97. The van der Waals surface area contributed by atoms with E-state index < -0.39 is 0 Å². The Morgan fingerprint density at radius 2 is 2.07 bits per heavy atom. The lowest BCUT2D eigenvalue weighted by Crippen LogP contribution is -2.07. The molecule has 0 aliphatic carbocycles. The lowest BCUT2D eigenvalue weighted by Gasteiger charge is -2.07. The van der Waals surface area contributed by atoms with Gasteiger partial charge in [0.25, 0.3) is 0 Å². The molecule has 0 radical (unpaired) electrons. The Morgan fingerprint density at radius 3 is 2.64 bits per heavy atom. The third-order valence-electron chi connectivity index (χ3n) is 2.11. The summed E-state index contributed by atoms with van der Waals surface area (Å²) in [7, 11) is 0. The van der Waals surface area contributed by atoms with Gasteiger partial charge in [-0.1, -0.05) is 6.92 Å². The van der Waals surface area contributed by atoms with Crippen molar-refractivity contribution in [3.05, 3.63) is 16.8 Å². The van der Waals surface area contributed by atoms with Gasteiger partial charge in [-0.25, -0.2) is 0 Å². The van der Waals surface area contributed by atoms with Gasteiger partial charge >= 0.3 is 0 Å². The fraction of sp³-hybridized carbons (Fsp3) is 0.500. The number of nitrogens with one attached hydrogen (secondary N) is 1. The molecule has 0 aromatic carbocycles. The molecule has 74 valence electrons. The third-order valence-corrected chi connectivity index (χ3v) is 2.11. The lowest BCUT2D eigenvalue weighted by molar-refractivity contribution is 0.915. The van der Waals surface area contributed by atoms with E-state index in [1.807, 2.05) is 13.8 Å². The van der Waals surface area contributed by atoms with E-state index >= 15 is 0 Å². The SMILES string of the molecule is CCCNc1nnc(C)c(C)c1C#N. The second-order valence-electron chi connectivity index (χ2n) is 3.17. The van der Waals surface area contributed by atoms with Crippen LogP contribution in [0, 0.1) is 25.2 Å². The van der Waals surface area contributed by atoms with Crippen LogP contribution in [0.3, 0.4) is 0 Å². The molecular formula is C10H14N4. The minimum atomic E-state index is 0.595. The average molecular weight is 190 g/mol. The van der Waals surface area contributed by atoms with Gasteiger partial charge < -0.3 is 5.32 Å². The van der Waals surface area contributed by atoms with Gasteiger partial charge in [-0.2, -0.15) is 10.4 Å². The number of rotatable bonds is 3. The number of nitriles is 1. The summed E-state index contributed by atoms with van der Waals surface area (Å²) in [5, 5.41) is 20.0. The molecule has 4 nitrogen and oxygen atoms in total. The average Bonchev–Trinajstić information content (AvgIpc) is 2.20. The van der Waals surface area contributed by atoms with Crippen molar-refractivity contribution < 1.29 is 0 Å². The van der Waals surface area contributed by atoms with Gasteiger partial charge in [0.05, 0.1) is 5.69 Å². The van der Waals surface area contributed by atoms with Crippen molar-refractivity contribution in [2.75, 3.05) is 11.9 Å². The maximum Gasteiger partial charge on any atom is 0.166 e. The Balaban J connectivity index is 3.06. The van der Waals surface area contributed by atoms with Crippen LogP contribution in [-0.2, 0) is 0 Å². The van der Waals surface area contributed by atoms with E-state index in [0.717, 1.165) is 24.2 Å². The molecule has 0 atom stereocenters. The molecule has 0 saturated carbocycles. The minimum Gasteiger partial charge on any atom is -0.367 e. The molecule has 0 aliphatic heterocycles. The number of hydrogen-bond donors (Lipinski definition) is 1. The zero-order valence-corrected chi connectivity index (χ0v) is 8.76. The van der Waals surface area contributed by atoms with Crippen LogP contribution in [-0.4, -0.2) is 16.7 Å². The molecule has 1 N–H and O–H groups in total. The predicted octanol–water partition coefficient (Wildman–Crippen LogP) is 1.79. The summed E-state index contributed by atoms with van der Waals surface area (Å²) in [5.41, 5.74) is 2.32. The molecular weight excluding hydrogens is 176 g/mol. The Kier molecular flexibility index (Phi) is 3.41. The maximum absolute atomic E-state index is 8.97. The van der Waals surface area contributed by atoms with E-state index in [0.29, 0.717) is 11.4 Å². The van der Waals surface area contributed by atoms with Crippen LogP contribution in [0.1, 0.15) is 30.2 Å². The van der Waals surface area contributed by atoms with Crippen LogP contribution in [0.5, 0.6) is 0 Å². The standard InChI is InChI=1S/C10H14N4/c1-4-5-12-10-9(6-11)7(2)8(3)13-14-10/h4-5H2,1-3H3,(H,12,14). The van der Waals surface area contributed by atoms with Crippen molar-refractivity contribution in [2.45, 2.75) is 27.2 Å². The van der Waals surface area contributed by atoms with Crippen LogP contribution in [0.25, 0.3) is 0 Å². The minimum absolute atomic E-state index is 0.595. The highest BCUT2D eigenvalue weighted by atomic mass is 15.2. The molecule has 0 spiro atoms. The van der Waals surface area contributed by atoms with E-state index in [4.69, 9.17) is 5.26 Å². The molecule has 14 heavy (non-hydrogen) atoms. The van der Waals surface area contributed by atoms with Gasteiger partial charge in [0.2, 0.25) is 0 Å². The Hall–Kier alpha value is -1.63. The highest BCUT2D eigenvalue weighted by molar-refractivity contribution is 5.55. The summed E-state index contributed by atoms with van der Waals surface area (Å²) in [4.78, 5) is 0. The second kappa shape index (κ2) is 4.56. The van der Waals surface area contributed by atoms with Crippen LogP contribution >= 0.6 is 0 Å². The Bertz CT molecular complexity index is 365. The fourth-order valence-corrected chi connectivity index (χ4v) is 1.11. The van der Waals surface area contributed by atoms with E-state index in [1.54, 1.807) is 0 Å². The highest BCUT2D eigenvalue weighted by Gasteiger charge is 2.09. The van der Waals surface area contributed by atoms with Crippen molar-refractivity contribution in [1.82, 2.24) is 10.2 Å². The molecule has 0 saturated heterocycles. The lowest BCUT2D eigenvalue weighted by atomic mass is 10.1. The van der Waals surface area contributed by atoms with Crippen molar-refractivity contribution in [3.8, 4) is 6.07 Å². The summed E-state index contributed by atoms with van der Waals surface area (Å²) in [6.07, 6.45) is 0.999. The molecule has 1 rings (SSSR count). The number of anilines is 1. The van der Waals surface area contributed by atoms with Crippen molar-refractivity contribution >= 4 is 5.82 Å². The van der Waals surface area contributed by atoms with Crippen molar-refractivity contribution in [3.63, 3.8) is 0 Å². The van der Waals surface area contributed by atoms with E-state index in [9.17, 15) is 0 Å². The summed E-state index contributed by atoms with van der Waals surface area (Å²) >= 11 is 0. The van der Waals surface area contributed by atoms with Gasteiger partial charge in [-0.3, -0.25) is 0 Å². The number of hydrogen-bond acceptors (Lipinski definition) is 4. The highest BCUT2D eigenvalue weighted by Crippen LogP contribution is 2.16. The molecule has 0 bridgehead atoms. The smallest absolute Gasteiger partial charge is 0.166 e. The molecule has 1 aromatic heterocycles. The first-order chi connectivity index (χ1) is 6.70. The Labute approximate surface area is 84.0 Å². The van der Waals surface area contributed by atoms with E-state index in [1.165, 1.54) is 0 Å². The van der Waals surface area contributed by atoms with Crippen LogP contribution in [0.15, 0.2) is 0 Å². The molecule has 4 heteroatoms. The topological polar surface area (TPSA) is 61.6 Å². The Morgan fingerprint density at radius 1 is 1.36 bits per heavy atom. The van der Waals surface area contributed by atoms with Crippen molar-refractivity contribution in [2.24, 2.45) is 0 Å². The number of aryl methyl sites for hydroxylation is 1. The quantitative estimate of drug-likeness (QED) is 0.789. The first kappa shape index (κ1) is 10.5. The molecule has 0 aliphatic rings. The zero-order chi connectivity index (χ0) is 10.6. The largest absolute Gasteiger partial charge is 0.367 e. The predicted molar refractivity (Wildman–Crippen MR) is 55.0 cm³/mol.